The Morgan fingerprint density at radius 2 is 1.54 bits per heavy atom. The van der Waals surface area contributed by atoms with Crippen molar-refractivity contribution >= 4 is 46.7 Å². The lowest BCUT2D eigenvalue weighted by Gasteiger charge is -2.11. The fourth-order valence-corrected chi connectivity index (χ4v) is 2.30. The van der Waals surface area contributed by atoms with Crippen LogP contribution in [-0.2, 0) is 19.1 Å². The molecule has 0 aliphatic rings. The summed E-state index contributed by atoms with van der Waals surface area (Å²) in [4.78, 5) is 47.8. The van der Waals surface area contributed by atoms with Crippen LogP contribution in [0.5, 0.6) is 0 Å². The number of nitrogens with one attached hydrogen (secondary N) is 2. The Hall–Kier alpha value is -3.46. The van der Waals surface area contributed by atoms with E-state index in [0.717, 1.165) is 32.4 Å². The van der Waals surface area contributed by atoms with Gasteiger partial charge in [-0.25, -0.2) is 14.0 Å². The molecule has 0 fully saturated rings. The number of hydrogen-bond donors (Lipinski definition) is 2. The molecular weight excluding hydrogens is 395 g/mol. The van der Waals surface area contributed by atoms with E-state index in [0.29, 0.717) is 0 Å². The lowest BCUT2D eigenvalue weighted by Crippen LogP contribution is -2.30. The molecule has 2 N–H and O–H groups in total. The first-order valence-corrected chi connectivity index (χ1v) is 8.02. The maximum atomic E-state index is 13.2. The quantitative estimate of drug-likeness (QED) is 0.594. The second-order valence-electron chi connectivity index (χ2n) is 5.28. The van der Waals surface area contributed by atoms with E-state index in [4.69, 9.17) is 11.6 Å². The number of rotatable bonds is 4. The van der Waals surface area contributed by atoms with E-state index in [1.807, 2.05) is 0 Å². The van der Waals surface area contributed by atoms with E-state index >= 15 is 0 Å². The third-order valence-electron chi connectivity index (χ3n) is 3.48. The molecule has 146 valence electrons. The number of anilines is 2. The van der Waals surface area contributed by atoms with Gasteiger partial charge in [-0.15, -0.1) is 0 Å². The zero-order valence-corrected chi connectivity index (χ0v) is 15.4. The van der Waals surface area contributed by atoms with Crippen LogP contribution in [0.25, 0.3) is 0 Å². The van der Waals surface area contributed by atoms with Crippen molar-refractivity contribution in [2.45, 2.75) is 0 Å². The first kappa shape index (κ1) is 20.8. The van der Waals surface area contributed by atoms with E-state index in [1.165, 1.54) is 18.2 Å². The Morgan fingerprint density at radius 3 is 2.14 bits per heavy atom. The monoisotopic (exact) mass is 408 g/mol. The summed E-state index contributed by atoms with van der Waals surface area (Å²) in [6, 6.07) is 7.06. The topological polar surface area (TPSA) is 111 Å². The normalized spacial score (nSPS) is 10.0. The number of ether oxygens (including phenoxy) is 2. The van der Waals surface area contributed by atoms with Crippen molar-refractivity contribution in [3.8, 4) is 0 Å². The zero-order valence-electron chi connectivity index (χ0n) is 14.7. The Labute approximate surface area is 163 Å². The van der Waals surface area contributed by atoms with Crippen molar-refractivity contribution in [1.29, 1.82) is 0 Å². The lowest BCUT2D eigenvalue weighted by molar-refractivity contribution is -0.133. The van der Waals surface area contributed by atoms with E-state index in [1.54, 1.807) is 0 Å². The maximum absolute atomic E-state index is 13.2. The Morgan fingerprint density at radius 1 is 0.893 bits per heavy atom. The highest BCUT2D eigenvalue weighted by Gasteiger charge is 2.21. The molecule has 0 saturated heterocycles. The SMILES string of the molecule is COC(=O)c1ccc(C(=O)OC)c(NC(=O)C(=O)Nc2ccc(F)c(Cl)c2)c1. The molecule has 2 amide bonds. The van der Waals surface area contributed by atoms with Gasteiger partial charge >= 0.3 is 23.8 Å². The van der Waals surface area contributed by atoms with Crippen molar-refractivity contribution < 1.29 is 33.0 Å². The van der Waals surface area contributed by atoms with E-state index in [9.17, 15) is 23.6 Å². The first-order valence-electron chi connectivity index (χ1n) is 7.65. The second kappa shape index (κ2) is 8.96. The Kier molecular flexibility index (Phi) is 6.67. The molecule has 0 aliphatic carbocycles. The molecule has 2 rings (SSSR count). The van der Waals surface area contributed by atoms with Gasteiger partial charge in [0, 0.05) is 5.69 Å². The van der Waals surface area contributed by atoms with E-state index in [2.05, 4.69) is 20.1 Å². The number of carbonyl (C=O) groups is 4. The van der Waals surface area contributed by atoms with Crippen LogP contribution < -0.4 is 10.6 Å². The van der Waals surface area contributed by atoms with Gasteiger partial charge in [0.2, 0.25) is 0 Å². The van der Waals surface area contributed by atoms with Crippen LogP contribution in [0.1, 0.15) is 20.7 Å². The molecule has 2 aromatic carbocycles. The fourth-order valence-electron chi connectivity index (χ4n) is 2.12. The fraction of sp³-hybridized carbons (Fsp3) is 0.111. The summed E-state index contributed by atoms with van der Waals surface area (Å²) in [5, 5.41) is 4.22. The molecule has 0 unspecified atom stereocenters. The predicted molar refractivity (Wildman–Crippen MR) is 97.8 cm³/mol. The maximum Gasteiger partial charge on any atom is 0.339 e. The largest absolute Gasteiger partial charge is 0.465 e. The van der Waals surface area contributed by atoms with Gasteiger partial charge < -0.3 is 20.1 Å². The van der Waals surface area contributed by atoms with Crippen LogP contribution in [0, 0.1) is 5.82 Å². The van der Waals surface area contributed by atoms with Gasteiger partial charge in [0.25, 0.3) is 0 Å². The summed E-state index contributed by atoms with van der Waals surface area (Å²) in [6.45, 7) is 0. The molecule has 2 aromatic rings. The molecule has 0 radical (unpaired) electrons. The molecule has 28 heavy (non-hydrogen) atoms. The van der Waals surface area contributed by atoms with Crippen LogP contribution >= 0.6 is 11.6 Å². The molecule has 10 heteroatoms. The van der Waals surface area contributed by atoms with Crippen LogP contribution in [0.4, 0.5) is 15.8 Å². The van der Waals surface area contributed by atoms with Crippen LogP contribution in [0.2, 0.25) is 5.02 Å². The van der Waals surface area contributed by atoms with Gasteiger partial charge in [-0.3, -0.25) is 9.59 Å². The van der Waals surface area contributed by atoms with Crippen molar-refractivity contribution in [2.75, 3.05) is 24.9 Å². The first-order chi connectivity index (χ1) is 13.3. The summed E-state index contributed by atoms with van der Waals surface area (Å²) in [6.07, 6.45) is 0. The average Bonchev–Trinajstić information content (AvgIpc) is 2.69. The summed E-state index contributed by atoms with van der Waals surface area (Å²) in [5.41, 5.74) is -0.0904. The van der Waals surface area contributed by atoms with Crippen molar-refractivity contribution in [1.82, 2.24) is 0 Å². The zero-order chi connectivity index (χ0) is 20.8. The minimum Gasteiger partial charge on any atom is -0.465 e. The molecule has 0 aliphatic heterocycles. The minimum absolute atomic E-state index is 0.0381. The summed E-state index contributed by atoms with van der Waals surface area (Å²) in [5.74, 6) is -4.45. The van der Waals surface area contributed by atoms with Gasteiger partial charge in [0.15, 0.2) is 0 Å². The number of esters is 2. The Balaban J connectivity index is 2.24. The van der Waals surface area contributed by atoms with Gasteiger partial charge in [-0.2, -0.15) is 0 Å². The second-order valence-corrected chi connectivity index (χ2v) is 5.69. The van der Waals surface area contributed by atoms with Crippen LogP contribution in [0.3, 0.4) is 0 Å². The Bertz CT molecular complexity index is 963. The molecule has 0 saturated carbocycles. The van der Waals surface area contributed by atoms with Crippen molar-refractivity contribution in [3.05, 3.63) is 58.4 Å². The van der Waals surface area contributed by atoms with Crippen LogP contribution in [0.15, 0.2) is 36.4 Å². The molecule has 0 heterocycles. The van der Waals surface area contributed by atoms with Crippen LogP contribution in [-0.4, -0.2) is 38.0 Å². The smallest absolute Gasteiger partial charge is 0.339 e. The number of amides is 2. The predicted octanol–water partition coefficient (Wildman–Crippen LogP) is 2.63. The average molecular weight is 409 g/mol. The molecule has 0 spiro atoms. The molecular formula is C18H14ClFN2O6. The molecule has 0 aromatic heterocycles. The highest BCUT2D eigenvalue weighted by atomic mass is 35.5. The van der Waals surface area contributed by atoms with Crippen molar-refractivity contribution in [3.63, 3.8) is 0 Å². The molecule has 8 nitrogen and oxygen atoms in total. The highest BCUT2D eigenvalue weighted by Crippen LogP contribution is 2.21. The lowest BCUT2D eigenvalue weighted by atomic mass is 10.1. The highest BCUT2D eigenvalue weighted by molar-refractivity contribution is 6.44. The summed E-state index contributed by atoms with van der Waals surface area (Å²) >= 11 is 5.62. The summed E-state index contributed by atoms with van der Waals surface area (Å²) < 4.78 is 22.4. The minimum atomic E-state index is -1.15. The summed E-state index contributed by atoms with van der Waals surface area (Å²) in [7, 11) is 2.29. The molecule has 0 atom stereocenters. The van der Waals surface area contributed by atoms with Gasteiger partial charge in [0.05, 0.1) is 36.1 Å². The van der Waals surface area contributed by atoms with Gasteiger partial charge in [-0.1, -0.05) is 11.6 Å². The van der Waals surface area contributed by atoms with Crippen molar-refractivity contribution in [2.24, 2.45) is 0 Å². The van der Waals surface area contributed by atoms with E-state index < -0.39 is 29.6 Å². The van der Waals surface area contributed by atoms with Gasteiger partial charge in [-0.05, 0) is 36.4 Å². The number of carbonyl (C=O) groups excluding carboxylic acids is 4. The van der Waals surface area contributed by atoms with E-state index in [-0.39, 0.29) is 27.5 Å². The van der Waals surface area contributed by atoms with Gasteiger partial charge in [0.1, 0.15) is 5.82 Å². The number of halogens is 2. The molecule has 0 bridgehead atoms. The number of methoxy groups -OCH3 is 2. The third-order valence-corrected chi connectivity index (χ3v) is 3.77. The number of hydrogen-bond acceptors (Lipinski definition) is 6. The number of benzene rings is 2. The third kappa shape index (κ3) is 4.83. The standard InChI is InChI=1S/C18H14ClFN2O6/c1-27-17(25)9-3-5-11(18(26)28-2)14(7-9)22-16(24)15(23)21-10-4-6-13(20)12(19)8-10/h3-8H,1-2H3,(H,21,23)(H,22,24).